The summed E-state index contributed by atoms with van der Waals surface area (Å²) < 4.78 is 0. The van der Waals surface area contributed by atoms with E-state index in [4.69, 9.17) is 0 Å². The van der Waals surface area contributed by atoms with Gasteiger partial charge in [-0.15, -0.1) is 0 Å². The normalized spacial score (nSPS) is 12.4. The minimum absolute atomic E-state index is 0.0648. The van der Waals surface area contributed by atoms with E-state index in [-0.39, 0.29) is 12.8 Å². The Hall–Kier alpha value is -3.68. The van der Waals surface area contributed by atoms with Crippen LogP contribution in [0.3, 0.4) is 0 Å². The Bertz CT molecular complexity index is 782. The van der Waals surface area contributed by atoms with Gasteiger partial charge in [0.1, 0.15) is 18.5 Å². The number of hydrogen-bond acceptors (Lipinski definition) is 4. The second kappa shape index (κ2) is 10.6. The van der Waals surface area contributed by atoms with Crippen molar-refractivity contribution in [2.75, 3.05) is 0 Å². The molecule has 2 aromatic rings. The molecule has 0 fully saturated rings. The predicted molar refractivity (Wildman–Crippen MR) is 104 cm³/mol. The van der Waals surface area contributed by atoms with Crippen LogP contribution in [-0.4, -0.2) is 46.0 Å². The molecule has 2 atom stereocenters. The van der Waals surface area contributed by atoms with Crippen molar-refractivity contribution in [1.29, 1.82) is 0 Å². The van der Waals surface area contributed by atoms with Gasteiger partial charge in [-0.3, -0.25) is 9.59 Å². The molecule has 0 radical (unpaired) electrons. The molecule has 0 bridgehead atoms. The molecule has 2 aromatic carbocycles. The molecule has 0 saturated heterocycles. The number of benzene rings is 2. The van der Waals surface area contributed by atoms with Gasteiger partial charge in [0, 0.05) is 12.8 Å². The smallest absolute Gasteiger partial charge is 0.326 e. The maximum Gasteiger partial charge on any atom is 0.326 e. The first-order valence-corrected chi connectivity index (χ1v) is 8.97. The number of rotatable bonds is 10. The summed E-state index contributed by atoms with van der Waals surface area (Å²) in [5.74, 6) is -4.05. The average molecular weight is 398 g/mol. The van der Waals surface area contributed by atoms with E-state index in [1.165, 1.54) is 0 Å². The summed E-state index contributed by atoms with van der Waals surface area (Å²) in [4.78, 5) is 47.0. The second-order valence-corrected chi connectivity index (χ2v) is 6.47. The number of aliphatic carboxylic acids is 2. The standard InChI is InChI=1S/C21H22N2O6/c24-18(22-16(20(26)27)11-14-7-3-1-4-8-14)13-19(25)23-17(21(28)29)12-15-9-5-2-6-10-15/h1-10,16-17H,11-13H2,(H,22,24)(H,23,25)(H,26,27)(H,28,29)/t16-,17-/m0/s1. The average Bonchev–Trinajstić information content (AvgIpc) is 2.68. The minimum atomic E-state index is -1.23. The number of amides is 2. The zero-order valence-electron chi connectivity index (χ0n) is 15.6. The molecule has 0 aromatic heterocycles. The topological polar surface area (TPSA) is 133 Å². The van der Waals surface area contributed by atoms with Crippen LogP contribution in [0.2, 0.25) is 0 Å². The quantitative estimate of drug-likeness (QED) is 0.441. The van der Waals surface area contributed by atoms with E-state index in [1.54, 1.807) is 60.7 Å². The van der Waals surface area contributed by atoms with E-state index in [0.717, 1.165) is 11.1 Å². The van der Waals surface area contributed by atoms with Gasteiger partial charge in [-0.25, -0.2) is 9.59 Å². The molecule has 29 heavy (non-hydrogen) atoms. The fraction of sp³-hybridized carbons (Fsp3) is 0.238. The molecule has 0 heterocycles. The van der Waals surface area contributed by atoms with Gasteiger partial charge in [0.15, 0.2) is 0 Å². The van der Waals surface area contributed by atoms with Crippen LogP contribution in [0.25, 0.3) is 0 Å². The van der Waals surface area contributed by atoms with Crippen LogP contribution in [0, 0.1) is 0 Å². The zero-order valence-corrected chi connectivity index (χ0v) is 15.6. The van der Waals surface area contributed by atoms with Crippen LogP contribution < -0.4 is 10.6 Å². The Morgan fingerprint density at radius 3 is 1.31 bits per heavy atom. The van der Waals surface area contributed by atoms with Gasteiger partial charge in [-0.2, -0.15) is 0 Å². The molecule has 4 N–H and O–H groups in total. The third-order valence-corrected chi connectivity index (χ3v) is 4.15. The van der Waals surface area contributed by atoms with E-state index < -0.39 is 42.3 Å². The minimum Gasteiger partial charge on any atom is -0.480 e. The van der Waals surface area contributed by atoms with Gasteiger partial charge in [0.25, 0.3) is 0 Å². The molecular weight excluding hydrogens is 376 g/mol. The van der Waals surface area contributed by atoms with E-state index in [1.807, 2.05) is 0 Å². The number of carboxylic acids is 2. The molecule has 0 unspecified atom stereocenters. The predicted octanol–water partition coefficient (Wildman–Crippen LogP) is 1.00. The molecule has 8 nitrogen and oxygen atoms in total. The Morgan fingerprint density at radius 1 is 0.655 bits per heavy atom. The van der Waals surface area contributed by atoms with Gasteiger partial charge in [-0.1, -0.05) is 60.7 Å². The highest BCUT2D eigenvalue weighted by molar-refractivity contribution is 5.99. The van der Waals surface area contributed by atoms with E-state index in [2.05, 4.69) is 10.6 Å². The Morgan fingerprint density at radius 2 is 1.00 bits per heavy atom. The largest absolute Gasteiger partial charge is 0.480 e. The van der Waals surface area contributed by atoms with Crippen molar-refractivity contribution >= 4 is 23.8 Å². The first kappa shape index (κ1) is 21.6. The lowest BCUT2D eigenvalue weighted by molar-refractivity contribution is -0.143. The monoisotopic (exact) mass is 398 g/mol. The molecule has 8 heteroatoms. The molecule has 0 saturated carbocycles. The van der Waals surface area contributed by atoms with Crippen molar-refractivity contribution < 1.29 is 29.4 Å². The number of nitrogens with one attached hydrogen (secondary N) is 2. The molecule has 0 spiro atoms. The third kappa shape index (κ3) is 7.45. The highest BCUT2D eigenvalue weighted by atomic mass is 16.4. The van der Waals surface area contributed by atoms with Crippen LogP contribution in [0.5, 0.6) is 0 Å². The van der Waals surface area contributed by atoms with Gasteiger partial charge >= 0.3 is 11.9 Å². The Kier molecular flexibility index (Phi) is 7.90. The maximum absolute atomic E-state index is 12.1. The molecule has 2 amide bonds. The lowest BCUT2D eigenvalue weighted by atomic mass is 10.1. The van der Waals surface area contributed by atoms with Crippen molar-refractivity contribution in [2.45, 2.75) is 31.3 Å². The van der Waals surface area contributed by atoms with Crippen LogP contribution in [0.4, 0.5) is 0 Å². The van der Waals surface area contributed by atoms with Gasteiger partial charge in [0.05, 0.1) is 0 Å². The van der Waals surface area contributed by atoms with E-state index in [0.29, 0.717) is 0 Å². The highest BCUT2D eigenvalue weighted by Crippen LogP contribution is 2.05. The molecule has 2 rings (SSSR count). The fourth-order valence-corrected chi connectivity index (χ4v) is 2.74. The van der Waals surface area contributed by atoms with Crippen LogP contribution in [0.1, 0.15) is 17.5 Å². The van der Waals surface area contributed by atoms with Crippen molar-refractivity contribution in [1.82, 2.24) is 10.6 Å². The van der Waals surface area contributed by atoms with Crippen molar-refractivity contribution in [3.63, 3.8) is 0 Å². The Labute approximate surface area is 167 Å². The van der Waals surface area contributed by atoms with Gasteiger partial charge in [-0.05, 0) is 11.1 Å². The van der Waals surface area contributed by atoms with E-state index >= 15 is 0 Å². The Balaban J connectivity index is 1.91. The van der Waals surface area contributed by atoms with Crippen molar-refractivity contribution in [3.8, 4) is 0 Å². The zero-order chi connectivity index (χ0) is 21.2. The SMILES string of the molecule is O=C(CC(=O)N[C@@H](Cc1ccccc1)C(=O)O)N[C@@H](Cc1ccccc1)C(=O)O. The lowest BCUT2D eigenvalue weighted by Crippen LogP contribution is -2.46. The van der Waals surface area contributed by atoms with Gasteiger partial charge < -0.3 is 20.8 Å². The number of hydrogen-bond donors (Lipinski definition) is 4. The van der Waals surface area contributed by atoms with Crippen LogP contribution in [0.15, 0.2) is 60.7 Å². The molecule has 0 aliphatic carbocycles. The summed E-state index contributed by atoms with van der Waals surface area (Å²) in [6.45, 7) is 0. The fourth-order valence-electron chi connectivity index (χ4n) is 2.74. The summed E-state index contributed by atoms with van der Waals surface area (Å²) in [5, 5.41) is 23.2. The van der Waals surface area contributed by atoms with Gasteiger partial charge in [0.2, 0.25) is 11.8 Å². The number of carbonyl (C=O) groups is 4. The first-order valence-electron chi connectivity index (χ1n) is 8.97. The van der Waals surface area contributed by atoms with Crippen molar-refractivity contribution in [2.24, 2.45) is 0 Å². The highest BCUT2D eigenvalue weighted by Gasteiger charge is 2.24. The molecular formula is C21H22N2O6. The lowest BCUT2D eigenvalue weighted by Gasteiger charge is -2.16. The first-order chi connectivity index (χ1) is 13.8. The number of carbonyl (C=O) groups excluding carboxylic acids is 2. The van der Waals surface area contributed by atoms with Crippen LogP contribution in [-0.2, 0) is 32.0 Å². The summed E-state index contributed by atoms with van der Waals surface area (Å²) in [6, 6.07) is 15.1. The summed E-state index contributed by atoms with van der Waals surface area (Å²) in [7, 11) is 0. The third-order valence-electron chi connectivity index (χ3n) is 4.15. The molecule has 152 valence electrons. The maximum atomic E-state index is 12.1. The summed E-state index contributed by atoms with van der Waals surface area (Å²) in [5.41, 5.74) is 1.44. The number of carboxylic acid groups (broad SMARTS) is 2. The molecule has 0 aliphatic rings. The van der Waals surface area contributed by atoms with E-state index in [9.17, 15) is 29.4 Å². The summed E-state index contributed by atoms with van der Waals surface area (Å²) >= 11 is 0. The molecule has 0 aliphatic heterocycles. The van der Waals surface area contributed by atoms with Crippen LogP contribution >= 0.6 is 0 Å². The van der Waals surface area contributed by atoms with Crippen molar-refractivity contribution in [3.05, 3.63) is 71.8 Å². The second-order valence-electron chi connectivity index (χ2n) is 6.47. The summed E-state index contributed by atoms with van der Waals surface area (Å²) in [6.07, 6.45) is -0.540.